The van der Waals surface area contributed by atoms with Crippen LogP contribution in [-0.2, 0) is 4.79 Å². The van der Waals surface area contributed by atoms with E-state index < -0.39 is 21.8 Å². The number of aliphatic hydroxyl groups is 2. The second-order valence-electron chi connectivity index (χ2n) is 4.46. The van der Waals surface area contributed by atoms with E-state index in [1.54, 1.807) is 0 Å². The maximum atomic E-state index is 11.7. The molecule has 21 heavy (non-hydrogen) atoms. The number of amides is 1. The van der Waals surface area contributed by atoms with Crippen molar-refractivity contribution in [2.24, 2.45) is 0 Å². The lowest BCUT2D eigenvalue weighted by Crippen LogP contribution is -2.27. The van der Waals surface area contributed by atoms with E-state index in [1.165, 1.54) is 19.2 Å². The number of aromatic nitrogens is 1. The molecule has 0 fully saturated rings. The van der Waals surface area contributed by atoms with Gasteiger partial charge in [0.05, 0.1) is 11.8 Å². The number of carbonyl (C=O) groups is 2. The zero-order valence-electron chi connectivity index (χ0n) is 11.1. The fourth-order valence-corrected chi connectivity index (χ4v) is 1.95. The number of carbonyl (C=O) groups excluding carboxylic acids is 2. The lowest BCUT2D eigenvalue weighted by Gasteiger charge is -2.16. The molecule has 0 bridgehead atoms. The van der Waals surface area contributed by atoms with Gasteiger partial charge >= 0.3 is 0 Å². The van der Waals surface area contributed by atoms with Crippen LogP contribution in [0.2, 0.25) is 0 Å². The largest absolute Gasteiger partial charge is 0.390 e. The number of hydrogen-bond acceptors (Lipinski definition) is 4. The van der Waals surface area contributed by atoms with Crippen LogP contribution in [-0.4, -0.2) is 43.3 Å². The Balaban J connectivity index is 2.67. The molecule has 118 valence electrons. The molecule has 0 radical (unpaired) electrons. The molecular formula is C12H15Cl3N2O4. The van der Waals surface area contributed by atoms with Crippen LogP contribution >= 0.6 is 34.8 Å². The zero-order chi connectivity index (χ0) is 16.2. The number of alkyl halides is 3. The van der Waals surface area contributed by atoms with Crippen LogP contribution in [0.4, 0.5) is 0 Å². The number of halogens is 3. The molecule has 2 atom stereocenters. The zero-order valence-corrected chi connectivity index (χ0v) is 13.3. The average Bonchev–Trinajstić information content (AvgIpc) is 2.84. The van der Waals surface area contributed by atoms with E-state index in [0.717, 1.165) is 0 Å². The van der Waals surface area contributed by atoms with Crippen molar-refractivity contribution in [2.45, 2.75) is 29.3 Å². The smallest absolute Gasteiger partial charge is 0.254 e. The Labute approximate surface area is 136 Å². The normalized spacial score (nSPS) is 14.6. The van der Waals surface area contributed by atoms with Crippen molar-refractivity contribution in [1.82, 2.24) is 10.3 Å². The molecule has 0 aromatic carbocycles. The number of ketones is 1. The molecule has 0 aliphatic heterocycles. The number of rotatable bonds is 6. The highest BCUT2D eigenvalue weighted by Gasteiger charge is 2.33. The highest BCUT2D eigenvalue weighted by atomic mass is 35.6. The van der Waals surface area contributed by atoms with Gasteiger partial charge in [-0.3, -0.25) is 9.59 Å². The standard InChI is InChI=1S/C12H15Cl3N2O4/c1-6(18)16-3-2-9(19)10(20)7-4-8(17-5-7)11(21)12(13,14)15/h4-5,9-10,17,19-20H,2-3H2,1H3,(H,16,18). The second kappa shape index (κ2) is 7.47. The minimum atomic E-state index is -2.10. The summed E-state index contributed by atoms with van der Waals surface area (Å²) in [6, 6.07) is 1.30. The van der Waals surface area contributed by atoms with Crippen LogP contribution in [0.5, 0.6) is 0 Å². The molecule has 6 nitrogen and oxygen atoms in total. The van der Waals surface area contributed by atoms with Gasteiger partial charge in [0.1, 0.15) is 6.10 Å². The van der Waals surface area contributed by atoms with Gasteiger partial charge in [-0.05, 0) is 12.5 Å². The predicted molar refractivity (Wildman–Crippen MR) is 79.7 cm³/mol. The van der Waals surface area contributed by atoms with Gasteiger partial charge in [0.15, 0.2) is 0 Å². The summed E-state index contributed by atoms with van der Waals surface area (Å²) < 4.78 is -2.10. The molecule has 0 saturated heterocycles. The lowest BCUT2D eigenvalue weighted by atomic mass is 10.0. The van der Waals surface area contributed by atoms with Crippen LogP contribution in [0.25, 0.3) is 0 Å². The highest BCUT2D eigenvalue weighted by Crippen LogP contribution is 2.31. The van der Waals surface area contributed by atoms with Gasteiger partial charge in [0.25, 0.3) is 3.79 Å². The van der Waals surface area contributed by atoms with Gasteiger partial charge in [-0.25, -0.2) is 0 Å². The quantitative estimate of drug-likeness (QED) is 0.457. The number of aliphatic hydroxyl groups excluding tert-OH is 2. The average molecular weight is 358 g/mol. The first-order valence-electron chi connectivity index (χ1n) is 6.03. The van der Waals surface area contributed by atoms with Crippen LogP contribution in [0.3, 0.4) is 0 Å². The fourth-order valence-electron chi connectivity index (χ4n) is 1.64. The van der Waals surface area contributed by atoms with E-state index in [4.69, 9.17) is 34.8 Å². The van der Waals surface area contributed by atoms with Gasteiger partial charge in [0.2, 0.25) is 11.7 Å². The molecule has 1 aromatic rings. The Morgan fingerprint density at radius 3 is 2.52 bits per heavy atom. The van der Waals surface area contributed by atoms with E-state index in [0.29, 0.717) is 0 Å². The summed E-state index contributed by atoms with van der Waals surface area (Å²) in [5.41, 5.74) is 0.293. The summed E-state index contributed by atoms with van der Waals surface area (Å²) >= 11 is 16.4. The molecule has 1 heterocycles. The molecule has 2 unspecified atom stereocenters. The summed E-state index contributed by atoms with van der Waals surface area (Å²) in [7, 11) is 0. The van der Waals surface area contributed by atoms with Crippen molar-refractivity contribution in [3.8, 4) is 0 Å². The molecule has 9 heteroatoms. The van der Waals surface area contributed by atoms with E-state index >= 15 is 0 Å². The molecule has 4 N–H and O–H groups in total. The van der Waals surface area contributed by atoms with E-state index in [9.17, 15) is 19.8 Å². The van der Waals surface area contributed by atoms with Gasteiger partial charge in [-0.15, -0.1) is 0 Å². The maximum absolute atomic E-state index is 11.7. The summed E-state index contributed by atoms with van der Waals surface area (Å²) in [6.45, 7) is 1.57. The Hall–Kier alpha value is -0.790. The minimum absolute atomic E-state index is 0.0121. The number of Topliss-reactive ketones (excluding diaryl/α,β-unsaturated/α-hetero) is 1. The Morgan fingerprint density at radius 1 is 1.38 bits per heavy atom. The van der Waals surface area contributed by atoms with Crippen molar-refractivity contribution in [3.63, 3.8) is 0 Å². The Kier molecular flexibility index (Phi) is 6.49. The summed E-state index contributed by atoms with van der Waals surface area (Å²) in [4.78, 5) is 25.0. The number of nitrogens with one attached hydrogen (secondary N) is 2. The van der Waals surface area contributed by atoms with Gasteiger partial charge in [-0.1, -0.05) is 34.8 Å². The first kappa shape index (κ1) is 18.3. The summed E-state index contributed by atoms with van der Waals surface area (Å²) in [5, 5.41) is 22.3. The van der Waals surface area contributed by atoms with Crippen molar-refractivity contribution in [3.05, 3.63) is 23.5 Å². The topological polar surface area (TPSA) is 102 Å². The van der Waals surface area contributed by atoms with Crippen LogP contribution in [0.1, 0.15) is 35.5 Å². The molecule has 0 aliphatic carbocycles. The first-order valence-corrected chi connectivity index (χ1v) is 7.16. The lowest BCUT2D eigenvalue weighted by molar-refractivity contribution is -0.119. The summed E-state index contributed by atoms with van der Waals surface area (Å²) in [5.74, 6) is -0.993. The highest BCUT2D eigenvalue weighted by molar-refractivity contribution is 6.77. The van der Waals surface area contributed by atoms with Crippen LogP contribution in [0, 0.1) is 0 Å². The fraction of sp³-hybridized carbons (Fsp3) is 0.500. The number of hydrogen-bond donors (Lipinski definition) is 4. The van der Waals surface area contributed by atoms with Crippen LogP contribution < -0.4 is 5.32 Å². The van der Waals surface area contributed by atoms with Crippen molar-refractivity contribution < 1.29 is 19.8 Å². The third-order valence-electron chi connectivity index (χ3n) is 2.73. The first-order chi connectivity index (χ1) is 9.62. The molecule has 0 spiro atoms. The molecule has 1 aromatic heterocycles. The van der Waals surface area contributed by atoms with E-state index in [1.807, 2.05) is 0 Å². The van der Waals surface area contributed by atoms with Crippen LogP contribution in [0.15, 0.2) is 12.3 Å². The molecular weight excluding hydrogens is 343 g/mol. The monoisotopic (exact) mass is 356 g/mol. The maximum Gasteiger partial charge on any atom is 0.254 e. The van der Waals surface area contributed by atoms with E-state index in [-0.39, 0.29) is 30.1 Å². The number of H-pyrrole nitrogens is 1. The SMILES string of the molecule is CC(=O)NCCC(O)C(O)c1c[nH]c(C(=O)C(Cl)(Cl)Cl)c1. The van der Waals surface area contributed by atoms with E-state index in [2.05, 4.69) is 10.3 Å². The predicted octanol–water partition coefficient (Wildman–Crippen LogP) is 1.49. The third-order valence-corrected chi connectivity index (χ3v) is 3.24. The second-order valence-corrected chi connectivity index (χ2v) is 6.74. The Morgan fingerprint density at radius 2 is 2.00 bits per heavy atom. The molecule has 0 aliphatic rings. The Bertz CT molecular complexity index is 513. The molecule has 1 amide bonds. The van der Waals surface area contributed by atoms with Crippen molar-refractivity contribution in [2.75, 3.05) is 6.54 Å². The molecule has 0 saturated carbocycles. The van der Waals surface area contributed by atoms with Gasteiger partial charge in [0, 0.05) is 25.2 Å². The van der Waals surface area contributed by atoms with Crippen molar-refractivity contribution in [1.29, 1.82) is 0 Å². The van der Waals surface area contributed by atoms with Crippen molar-refractivity contribution >= 4 is 46.5 Å². The van der Waals surface area contributed by atoms with Gasteiger partial charge < -0.3 is 20.5 Å². The third kappa shape index (κ3) is 5.48. The number of aromatic amines is 1. The van der Waals surface area contributed by atoms with Gasteiger partial charge in [-0.2, -0.15) is 0 Å². The minimum Gasteiger partial charge on any atom is -0.390 e. The molecule has 1 rings (SSSR count). The summed E-state index contributed by atoms with van der Waals surface area (Å²) in [6.07, 6.45) is -0.842.